The van der Waals surface area contributed by atoms with Gasteiger partial charge in [0, 0.05) is 24.1 Å². The maximum absolute atomic E-state index is 10.7. The van der Waals surface area contributed by atoms with Crippen LogP contribution in [-0.2, 0) is 4.79 Å². The molecule has 4 heteroatoms. The Labute approximate surface area is 88.3 Å². The fraction of sp³-hybridized carbons (Fsp3) is 0.500. The van der Waals surface area contributed by atoms with Crippen molar-refractivity contribution in [1.29, 1.82) is 0 Å². The average Bonchev–Trinajstić information content (AvgIpc) is 2.12. The van der Waals surface area contributed by atoms with Gasteiger partial charge in [-0.05, 0) is 26.3 Å². The molecular weight excluding hydrogens is 196 g/mol. The Bertz CT molecular complexity index is 315. The van der Waals surface area contributed by atoms with E-state index in [2.05, 4.69) is 9.97 Å². The highest BCUT2D eigenvalue weighted by Gasteiger charge is 1.98. The first-order valence-electron chi connectivity index (χ1n) is 4.60. The molecule has 0 aliphatic carbocycles. The number of hydrogen-bond acceptors (Lipinski definition) is 4. The lowest BCUT2D eigenvalue weighted by atomic mass is 10.3. The smallest absolute Gasteiger partial charge is 0.187 e. The van der Waals surface area contributed by atoms with Crippen molar-refractivity contribution in [2.24, 2.45) is 0 Å². The molecule has 14 heavy (non-hydrogen) atoms. The Morgan fingerprint density at radius 2 is 2.36 bits per heavy atom. The second-order valence-corrected chi connectivity index (χ2v) is 4.20. The summed E-state index contributed by atoms with van der Waals surface area (Å²) in [4.78, 5) is 19.0. The lowest BCUT2D eigenvalue weighted by molar-refractivity contribution is -0.117. The van der Waals surface area contributed by atoms with Crippen LogP contribution in [0.2, 0.25) is 0 Å². The van der Waals surface area contributed by atoms with E-state index >= 15 is 0 Å². The summed E-state index contributed by atoms with van der Waals surface area (Å²) >= 11 is 1.60. The van der Waals surface area contributed by atoms with Gasteiger partial charge in [-0.2, -0.15) is 0 Å². The number of carbonyl (C=O) groups excluding carboxylic acids is 1. The number of aromatic nitrogens is 2. The van der Waals surface area contributed by atoms with Gasteiger partial charge in [-0.3, -0.25) is 0 Å². The molecule has 1 aromatic heterocycles. The van der Waals surface area contributed by atoms with Crippen molar-refractivity contribution in [3.05, 3.63) is 18.0 Å². The van der Waals surface area contributed by atoms with Gasteiger partial charge in [0.25, 0.3) is 0 Å². The summed E-state index contributed by atoms with van der Waals surface area (Å²) in [5.74, 6) is 1.15. The first-order valence-corrected chi connectivity index (χ1v) is 5.59. The van der Waals surface area contributed by atoms with E-state index in [1.807, 2.05) is 13.0 Å². The lowest BCUT2D eigenvalue weighted by Crippen LogP contribution is -1.93. The van der Waals surface area contributed by atoms with Crippen molar-refractivity contribution in [3.8, 4) is 0 Å². The highest BCUT2D eigenvalue weighted by Crippen LogP contribution is 2.14. The van der Waals surface area contributed by atoms with Gasteiger partial charge in [-0.25, -0.2) is 9.97 Å². The summed E-state index contributed by atoms with van der Waals surface area (Å²) in [7, 11) is 0. The number of rotatable bonds is 5. The molecule has 0 fully saturated rings. The standard InChI is InChI=1S/C10H14N2OS/c1-8-5-6-11-10(12-8)14-7-3-4-9(2)13/h5-6H,3-4,7H2,1-2H3. The first-order chi connectivity index (χ1) is 6.68. The molecule has 0 amide bonds. The molecule has 1 rings (SSSR count). The molecule has 0 bridgehead atoms. The van der Waals surface area contributed by atoms with Gasteiger partial charge in [-0.1, -0.05) is 11.8 Å². The molecular formula is C10H14N2OS. The summed E-state index contributed by atoms with van der Waals surface area (Å²) in [6.45, 7) is 3.56. The molecule has 0 radical (unpaired) electrons. The number of hydrogen-bond donors (Lipinski definition) is 0. The number of carbonyl (C=O) groups is 1. The van der Waals surface area contributed by atoms with Crippen LogP contribution < -0.4 is 0 Å². The summed E-state index contributed by atoms with van der Waals surface area (Å²) in [6, 6.07) is 1.87. The van der Waals surface area contributed by atoms with Crippen molar-refractivity contribution < 1.29 is 4.79 Å². The van der Waals surface area contributed by atoms with E-state index in [0.717, 1.165) is 23.0 Å². The number of ketones is 1. The number of Topliss-reactive ketones (excluding diaryl/α,β-unsaturated/α-hetero) is 1. The maximum atomic E-state index is 10.7. The van der Waals surface area contributed by atoms with E-state index in [1.54, 1.807) is 24.9 Å². The predicted molar refractivity (Wildman–Crippen MR) is 57.4 cm³/mol. The zero-order valence-corrected chi connectivity index (χ0v) is 9.30. The zero-order chi connectivity index (χ0) is 10.4. The van der Waals surface area contributed by atoms with Crippen LogP contribution in [0, 0.1) is 6.92 Å². The van der Waals surface area contributed by atoms with Crippen molar-refractivity contribution in [2.45, 2.75) is 31.8 Å². The molecule has 0 unspecified atom stereocenters. The molecule has 0 saturated carbocycles. The molecule has 76 valence electrons. The van der Waals surface area contributed by atoms with Gasteiger partial charge in [0.2, 0.25) is 0 Å². The number of aryl methyl sites for hydroxylation is 1. The van der Waals surface area contributed by atoms with Crippen LogP contribution in [0.15, 0.2) is 17.4 Å². The molecule has 0 N–H and O–H groups in total. The van der Waals surface area contributed by atoms with E-state index in [-0.39, 0.29) is 5.78 Å². The van der Waals surface area contributed by atoms with Gasteiger partial charge in [0.1, 0.15) is 5.78 Å². The highest BCUT2D eigenvalue weighted by molar-refractivity contribution is 7.99. The van der Waals surface area contributed by atoms with E-state index < -0.39 is 0 Å². The SMILES string of the molecule is CC(=O)CCCSc1nccc(C)n1. The minimum atomic E-state index is 0.246. The van der Waals surface area contributed by atoms with Gasteiger partial charge in [-0.15, -0.1) is 0 Å². The molecule has 0 aliphatic rings. The van der Waals surface area contributed by atoms with E-state index in [4.69, 9.17) is 0 Å². The molecule has 0 atom stereocenters. The fourth-order valence-electron chi connectivity index (χ4n) is 0.980. The van der Waals surface area contributed by atoms with Gasteiger partial charge in [0.15, 0.2) is 5.16 Å². The monoisotopic (exact) mass is 210 g/mol. The molecule has 3 nitrogen and oxygen atoms in total. The second kappa shape index (κ2) is 5.75. The van der Waals surface area contributed by atoms with Gasteiger partial charge >= 0.3 is 0 Å². The van der Waals surface area contributed by atoms with Crippen LogP contribution >= 0.6 is 11.8 Å². The number of thioether (sulfide) groups is 1. The van der Waals surface area contributed by atoms with Crippen molar-refractivity contribution >= 4 is 17.5 Å². The summed E-state index contributed by atoms with van der Waals surface area (Å²) in [5, 5.41) is 0.800. The van der Waals surface area contributed by atoms with E-state index in [0.29, 0.717) is 6.42 Å². The van der Waals surface area contributed by atoms with Gasteiger partial charge < -0.3 is 4.79 Å². The van der Waals surface area contributed by atoms with Crippen molar-refractivity contribution in [1.82, 2.24) is 9.97 Å². The van der Waals surface area contributed by atoms with Crippen LogP contribution in [-0.4, -0.2) is 21.5 Å². The normalized spacial score (nSPS) is 10.1. The Morgan fingerprint density at radius 3 is 3.00 bits per heavy atom. The van der Waals surface area contributed by atoms with Crippen LogP contribution in [0.4, 0.5) is 0 Å². The molecule has 0 spiro atoms. The molecule has 0 aliphatic heterocycles. The van der Waals surface area contributed by atoms with Gasteiger partial charge in [0.05, 0.1) is 0 Å². The Kier molecular flexibility index (Phi) is 4.59. The maximum Gasteiger partial charge on any atom is 0.187 e. The summed E-state index contributed by atoms with van der Waals surface area (Å²) in [5.41, 5.74) is 0.981. The van der Waals surface area contributed by atoms with E-state index in [9.17, 15) is 4.79 Å². The quantitative estimate of drug-likeness (QED) is 0.424. The molecule has 0 saturated heterocycles. The molecule has 1 heterocycles. The van der Waals surface area contributed by atoms with E-state index in [1.165, 1.54) is 0 Å². The summed E-state index contributed by atoms with van der Waals surface area (Å²) in [6.07, 6.45) is 3.31. The predicted octanol–water partition coefficient (Wildman–Crippen LogP) is 2.25. The molecule has 1 aromatic rings. The third-order valence-electron chi connectivity index (χ3n) is 1.68. The third kappa shape index (κ3) is 4.37. The third-order valence-corrected chi connectivity index (χ3v) is 2.62. The highest BCUT2D eigenvalue weighted by atomic mass is 32.2. The van der Waals surface area contributed by atoms with Crippen LogP contribution in [0.1, 0.15) is 25.5 Å². The largest absolute Gasteiger partial charge is 0.300 e. The lowest BCUT2D eigenvalue weighted by Gasteiger charge is -1.99. The van der Waals surface area contributed by atoms with Crippen molar-refractivity contribution in [3.63, 3.8) is 0 Å². The Morgan fingerprint density at radius 1 is 1.57 bits per heavy atom. The zero-order valence-electron chi connectivity index (χ0n) is 8.49. The Hall–Kier alpha value is -0.900. The Balaban J connectivity index is 2.28. The minimum absolute atomic E-state index is 0.246. The first kappa shape index (κ1) is 11.2. The minimum Gasteiger partial charge on any atom is -0.300 e. The van der Waals surface area contributed by atoms with Crippen molar-refractivity contribution in [2.75, 3.05) is 5.75 Å². The average molecular weight is 210 g/mol. The van der Waals surface area contributed by atoms with Crippen LogP contribution in [0.25, 0.3) is 0 Å². The summed E-state index contributed by atoms with van der Waals surface area (Å²) < 4.78 is 0. The topological polar surface area (TPSA) is 42.9 Å². The van der Waals surface area contributed by atoms with Crippen LogP contribution in [0.5, 0.6) is 0 Å². The molecule has 0 aromatic carbocycles. The number of nitrogens with zero attached hydrogens (tertiary/aromatic N) is 2. The van der Waals surface area contributed by atoms with Crippen LogP contribution in [0.3, 0.4) is 0 Å². The second-order valence-electron chi connectivity index (χ2n) is 3.13. The fourth-order valence-corrected chi connectivity index (χ4v) is 1.80.